The van der Waals surface area contributed by atoms with Crippen LogP contribution in [-0.2, 0) is 23.8 Å². The molecule has 3 rings (SSSR count). The predicted molar refractivity (Wildman–Crippen MR) is 143 cm³/mol. The molecule has 0 aromatic heterocycles. The molecule has 0 aliphatic carbocycles. The first-order valence-corrected chi connectivity index (χ1v) is 13.9. The molecule has 1 spiro atoms. The Bertz CT molecular complexity index is 864. The zero-order valence-electron chi connectivity index (χ0n) is 23.1. The quantitative estimate of drug-likeness (QED) is 0.220. The standard InChI is InChI=1S/C29H46N2O6/c1-6-8-9-26(32)31-23-15-20(4)24(36-21(23)5)12-10-19(3)11-13-25-28(34)29(18-35-29)17-22(37-25)16-27(33)30-14-7-2/h8-11,13,20-25,28,34H,6-7,12,14-18H2,1-5H3,(H,30,33)(H,31,32)/b9-8-,13-11+,19-10+/t20-,21+,22+,23+,24?,25?,28+,29+/m0/s1. The smallest absolute Gasteiger partial charge is 0.243 e. The van der Waals surface area contributed by atoms with Crippen LogP contribution in [0.2, 0.25) is 0 Å². The Labute approximate surface area is 221 Å². The molecule has 208 valence electrons. The zero-order chi connectivity index (χ0) is 27.0. The molecule has 8 atom stereocenters. The molecular weight excluding hydrogens is 472 g/mol. The number of epoxide rings is 1. The van der Waals surface area contributed by atoms with E-state index >= 15 is 0 Å². The molecule has 0 aromatic carbocycles. The zero-order valence-corrected chi connectivity index (χ0v) is 23.1. The fourth-order valence-corrected chi connectivity index (χ4v) is 5.13. The summed E-state index contributed by atoms with van der Waals surface area (Å²) >= 11 is 0. The summed E-state index contributed by atoms with van der Waals surface area (Å²) in [5, 5.41) is 16.8. The lowest BCUT2D eigenvalue weighted by atomic mass is 9.87. The summed E-state index contributed by atoms with van der Waals surface area (Å²) in [4.78, 5) is 24.3. The number of aliphatic hydroxyl groups excluding tert-OH is 1. The minimum Gasteiger partial charge on any atom is -0.387 e. The predicted octanol–water partition coefficient (Wildman–Crippen LogP) is 3.35. The minimum atomic E-state index is -0.756. The number of amides is 2. The molecule has 8 nitrogen and oxygen atoms in total. The Kier molecular flexibility index (Phi) is 10.9. The molecular formula is C29H46N2O6. The summed E-state index contributed by atoms with van der Waals surface area (Å²) in [6, 6.07) is 0.00382. The van der Waals surface area contributed by atoms with Crippen molar-refractivity contribution in [2.24, 2.45) is 5.92 Å². The van der Waals surface area contributed by atoms with Crippen LogP contribution in [0.15, 0.2) is 36.0 Å². The molecule has 2 unspecified atom stereocenters. The summed E-state index contributed by atoms with van der Waals surface area (Å²) < 4.78 is 18.0. The number of hydrogen-bond acceptors (Lipinski definition) is 6. The molecule has 3 N–H and O–H groups in total. The van der Waals surface area contributed by atoms with Gasteiger partial charge in [-0.1, -0.05) is 50.6 Å². The van der Waals surface area contributed by atoms with Crippen molar-refractivity contribution in [2.75, 3.05) is 13.2 Å². The Balaban J connectivity index is 1.52. The Morgan fingerprint density at radius 3 is 2.59 bits per heavy atom. The fourth-order valence-electron chi connectivity index (χ4n) is 5.13. The van der Waals surface area contributed by atoms with Crippen molar-refractivity contribution in [1.82, 2.24) is 10.6 Å². The van der Waals surface area contributed by atoms with Crippen molar-refractivity contribution in [3.05, 3.63) is 36.0 Å². The van der Waals surface area contributed by atoms with Crippen LogP contribution in [0.5, 0.6) is 0 Å². The van der Waals surface area contributed by atoms with Gasteiger partial charge in [0, 0.05) is 13.0 Å². The summed E-state index contributed by atoms with van der Waals surface area (Å²) in [7, 11) is 0. The van der Waals surface area contributed by atoms with E-state index in [1.807, 2.05) is 45.9 Å². The number of carbonyl (C=O) groups is 2. The number of rotatable bonds is 11. The molecule has 3 aliphatic rings. The number of carbonyl (C=O) groups excluding carboxylic acids is 2. The van der Waals surface area contributed by atoms with Gasteiger partial charge in [0.05, 0.1) is 37.4 Å². The van der Waals surface area contributed by atoms with E-state index in [9.17, 15) is 14.7 Å². The van der Waals surface area contributed by atoms with Crippen LogP contribution in [0.4, 0.5) is 0 Å². The van der Waals surface area contributed by atoms with Gasteiger partial charge in [0.2, 0.25) is 11.8 Å². The van der Waals surface area contributed by atoms with Crippen LogP contribution >= 0.6 is 0 Å². The first-order valence-electron chi connectivity index (χ1n) is 13.9. The van der Waals surface area contributed by atoms with E-state index in [2.05, 4.69) is 23.6 Å². The summed E-state index contributed by atoms with van der Waals surface area (Å²) in [5.41, 5.74) is 0.452. The van der Waals surface area contributed by atoms with Gasteiger partial charge in [-0.2, -0.15) is 0 Å². The number of nitrogens with one attached hydrogen (secondary N) is 2. The molecule has 3 saturated heterocycles. The van der Waals surface area contributed by atoms with Crippen molar-refractivity contribution in [2.45, 2.75) is 115 Å². The lowest BCUT2D eigenvalue weighted by Crippen LogP contribution is -2.50. The second-order valence-electron chi connectivity index (χ2n) is 10.8. The van der Waals surface area contributed by atoms with Crippen LogP contribution < -0.4 is 10.6 Å². The largest absolute Gasteiger partial charge is 0.387 e. The van der Waals surface area contributed by atoms with Gasteiger partial charge in [0.25, 0.3) is 0 Å². The lowest BCUT2D eigenvalue weighted by molar-refractivity contribution is -0.145. The average molecular weight is 519 g/mol. The van der Waals surface area contributed by atoms with E-state index < -0.39 is 17.8 Å². The number of allylic oxidation sites excluding steroid dienone is 3. The van der Waals surface area contributed by atoms with Crippen LogP contribution in [0.3, 0.4) is 0 Å². The van der Waals surface area contributed by atoms with E-state index in [0.29, 0.717) is 25.5 Å². The third-order valence-electron chi connectivity index (χ3n) is 7.54. The summed E-state index contributed by atoms with van der Waals surface area (Å²) in [6.45, 7) is 11.4. The first-order chi connectivity index (χ1) is 17.7. The second-order valence-corrected chi connectivity index (χ2v) is 10.8. The van der Waals surface area contributed by atoms with Gasteiger partial charge in [0.15, 0.2) is 0 Å². The Hall–Kier alpha value is -2.00. The van der Waals surface area contributed by atoms with Crippen molar-refractivity contribution >= 4 is 11.8 Å². The van der Waals surface area contributed by atoms with Gasteiger partial charge in [0.1, 0.15) is 17.8 Å². The molecule has 0 aromatic rings. The summed E-state index contributed by atoms with van der Waals surface area (Å²) in [6.07, 6.45) is 12.0. The lowest BCUT2D eigenvalue weighted by Gasteiger charge is -2.39. The van der Waals surface area contributed by atoms with Gasteiger partial charge < -0.3 is 30.0 Å². The van der Waals surface area contributed by atoms with Crippen LogP contribution in [0, 0.1) is 5.92 Å². The minimum absolute atomic E-state index is 0.00382. The third kappa shape index (κ3) is 8.50. The SMILES string of the molecule is CC/C=C\C(=O)N[C@@H]1C[C@H](C)C(C/C=C(C)/C=C/C2O[C@H](CC(=O)NCCC)C[C@@]3(CO3)[C@@H]2O)O[C@@H]1C. The normalized spacial score (nSPS) is 36.3. The van der Waals surface area contributed by atoms with Gasteiger partial charge in [-0.3, -0.25) is 9.59 Å². The van der Waals surface area contributed by atoms with Gasteiger partial charge >= 0.3 is 0 Å². The fraction of sp³-hybridized carbons (Fsp3) is 0.724. The third-order valence-corrected chi connectivity index (χ3v) is 7.54. The molecule has 0 radical (unpaired) electrons. The monoisotopic (exact) mass is 518 g/mol. The molecule has 8 heteroatoms. The van der Waals surface area contributed by atoms with E-state index in [1.165, 1.54) is 0 Å². The first kappa shape index (κ1) is 29.6. The maximum Gasteiger partial charge on any atom is 0.243 e. The maximum atomic E-state index is 12.2. The van der Waals surface area contributed by atoms with Crippen molar-refractivity contribution < 1.29 is 28.9 Å². The summed E-state index contributed by atoms with van der Waals surface area (Å²) in [5.74, 6) is 0.204. The van der Waals surface area contributed by atoms with Gasteiger partial charge in [-0.05, 0) is 51.5 Å². The highest BCUT2D eigenvalue weighted by atomic mass is 16.6. The molecule has 3 fully saturated rings. The van der Waals surface area contributed by atoms with Crippen LogP contribution in [0.1, 0.15) is 73.1 Å². The van der Waals surface area contributed by atoms with Crippen molar-refractivity contribution in [3.63, 3.8) is 0 Å². The highest BCUT2D eigenvalue weighted by molar-refractivity contribution is 5.87. The van der Waals surface area contributed by atoms with Gasteiger partial charge in [-0.15, -0.1) is 0 Å². The molecule has 3 aliphatic heterocycles. The van der Waals surface area contributed by atoms with Crippen molar-refractivity contribution in [1.29, 1.82) is 0 Å². The van der Waals surface area contributed by atoms with E-state index in [-0.39, 0.29) is 42.6 Å². The Morgan fingerprint density at radius 1 is 1.16 bits per heavy atom. The van der Waals surface area contributed by atoms with E-state index in [4.69, 9.17) is 14.2 Å². The number of ether oxygens (including phenoxy) is 3. The highest BCUT2D eigenvalue weighted by Crippen LogP contribution is 2.43. The molecule has 0 bridgehead atoms. The second kappa shape index (κ2) is 13.7. The van der Waals surface area contributed by atoms with Crippen LogP contribution in [-0.4, -0.2) is 72.2 Å². The van der Waals surface area contributed by atoms with E-state index in [1.54, 1.807) is 6.08 Å². The number of aliphatic hydroxyl groups is 1. The maximum absolute atomic E-state index is 12.2. The topological polar surface area (TPSA) is 109 Å². The van der Waals surface area contributed by atoms with Gasteiger partial charge in [-0.25, -0.2) is 0 Å². The van der Waals surface area contributed by atoms with E-state index in [0.717, 1.165) is 31.3 Å². The van der Waals surface area contributed by atoms with Crippen LogP contribution in [0.25, 0.3) is 0 Å². The molecule has 0 saturated carbocycles. The average Bonchev–Trinajstić information content (AvgIpc) is 3.63. The number of hydrogen-bond donors (Lipinski definition) is 3. The molecule has 3 heterocycles. The van der Waals surface area contributed by atoms with Crippen molar-refractivity contribution in [3.8, 4) is 0 Å². The molecule has 37 heavy (non-hydrogen) atoms. The molecule has 2 amide bonds. The highest BCUT2D eigenvalue weighted by Gasteiger charge is 2.58. The Morgan fingerprint density at radius 2 is 1.92 bits per heavy atom.